The lowest BCUT2D eigenvalue weighted by Crippen LogP contribution is -2.08. The first-order valence-electron chi connectivity index (χ1n) is 5.37. The SMILES string of the molecule is C=C(C)C(=O)OCCO.CCC(=O)OC1CN1. The molecule has 1 rings (SSSR count). The van der Waals surface area contributed by atoms with Gasteiger partial charge in [-0.25, -0.2) is 4.79 Å². The lowest BCUT2D eigenvalue weighted by Gasteiger charge is -1.99. The van der Waals surface area contributed by atoms with Gasteiger partial charge in [-0.1, -0.05) is 13.5 Å². The second kappa shape index (κ2) is 8.72. The smallest absolute Gasteiger partial charge is 0.333 e. The molecule has 0 aromatic rings. The number of carbonyl (C=O) groups is 2. The van der Waals surface area contributed by atoms with E-state index in [1.807, 2.05) is 0 Å². The van der Waals surface area contributed by atoms with E-state index in [0.717, 1.165) is 6.54 Å². The van der Waals surface area contributed by atoms with Gasteiger partial charge in [-0.05, 0) is 6.92 Å². The van der Waals surface area contributed by atoms with E-state index in [2.05, 4.69) is 16.6 Å². The van der Waals surface area contributed by atoms with Gasteiger partial charge >= 0.3 is 11.9 Å². The molecule has 0 aliphatic carbocycles. The maximum atomic E-state index is 10.5. The molecule has 6 nitrogen and oxygen atoms in total. The van der Waals surface area contributed by atoms with Crippen molar-refractivity contribution < 1.29 is 24.2 Å². The Balaban J connectivity index is 0.000000302. The van der Waals surface area contributed by atoms with Crippen LogP contribution in [-0.4, -0.2) is 43.0 Å². The Labute approximate surface area is 101 Å². The molecule has 1 aliphatic rings. The van der Waals surface area contributed by atoms with Crippen LogP contribution in [0.1, 0.15) is 20.3 Å². The van der Waals surface area contributed by atoms with Crippen LogP contribution in [0.2, 0.25) is 0 Å². The predicted molar refractivity (Wildman–Crippen MR) is 61.0 cm³/mol. The van der Waals surface area contributed by atoms with Crippen LogP contribution in [0.15, 0.2) is 12.2 Å². The van der Waals surface area contributed by atoms with Gasteiger partial charge in [0.2, 0.25) is 0 Å². The van der Waals surface area contributed by atoms with E-state index in [4.69, 9.17) is 9.84 Å². The summed E-state index contributed by atoms with van der Waals surface area (Å²) in [6.07, 6.45) is 0.500. The lowest BCUT2D eigenvalue weighted by atomic mass is 10.4. The summed E-state index contributed by atoms with van der Waals surface area (Å²) in [5.74, 6) is -0.580. The largest absolute Gasteiger partial charge is 0.460 e. The highest BCUT2D eigenvalue weighted by molar-refractivity contribution is 5.86. The highest BCUT2D eigenvalue weighted by Crippen LogP contribution is 1.99. The number of aliphatic hydroxyl groups excluding tert-OH is 1. The minimum atomic E-state index is -0.455. The molecular formula is C11H19NO5. The molecule has 1 fully saturated rings. The van der Waals surface area contributed by atoms with Crippen molar-refractivity contribution in [2.75, 3.05) is 19.8 Å². The maximum Gasteiger partial charge on any atom is 0.333 e. The number of rotatable bonds is 5. The van der Waals surface area contributed by atoms with Gasteiger partial charge in [0, 0.05) is 18.5 Å². The van der Waals surface area contributed by atoms with Crippen LogP contribution in [-0.2, 0) is 19.1 Å². The molecule has 0 spiro atoms. The molecule has 1 heterocycles. The van der Waals surface area contributed by atoms with Gasteiger partial charge in [-0.3, -0.25) is 10.1 Å². The van der Waals surface area contributed by atoms with Crippen LogP contribution in [0.4, 0.5) is 0 Å². The van der Waals surface area contributed by atoms with Gasteiger partial charge in [-0.15, -0.1) is 0 Å². The van der Waals surface area contributed by atoms with Crippen molar-refractivity contribution in [1.82, 2.24) is 5.32 Å². The second-order valence-electron chi connectivity index (χ2n) is 3.38. The van der Waals surface area contributed by atoms with Crippen molar-refractivity contribution in [3.63, 3.8) is 0 Å². The molecule has 1 atom stereocenters. The minimum absolute atomic E-state index is 0.0300. The van der Waals surface area contributed by atoms with Crippen LogP contribution in [0, 0.1) is 0 Å². The summed E-state index contributed by atoms with van der Waals surface area (Å²) in [5, 5.41) is 11.0. The molecule has 0 bridgehead atoms. The fourth-order valence-electron chi connectivity index (χ4n) is 0.635. The third-order valence-corrected chi connectivity index (χ3v) is 1.61. The van der Waals surface area contributed by atoms with E-state index < -0.39 is 5.97 Å². The number of carbonyl (C=O) groups excluding carboxylic acids is 2. The summed E-state index contributed by atoms with van der Waals surface area (Å²) in [7, 11) is 0. The van der Waals surface area contributed by atoms with E-state index in [-0.39, 0.29) is 25.4 Å². The first-order valence-corrected chi connectivity index (χ1v) is 5.37. The van der Waals surface area contributed by atoms with Gasteiger partial charge < -0.3 is 14.6 Å². The Morgan fingerprint density at radius 1 is 1.53 bits per heavy atom. The predicted octanol–water partition coefficient (Wildman–Crippen LogP) is -0.0331. The molecule has 1 unspecified atom stereocenters. The van der Waals surface area contributed by atoms with Gasteiger partial charge in [0.25, 0.3) is 0 Å². The zero-order valence-electron chi connectivity index (χ0n) is 10.2. The number of ether oxygens (including phenoxy) is 2. The summed E-state index contributed by atoms with van der Waals surface area (Å²) in [6.45, 7) is 7.42. The number of nitrogens with one attached hydrogen (secondary N) is 1. The van der Waals surface area contributed by atoms with E-state index in [9.17, 15) is 9.59 Å². The van der Waals surface area contributed by atoms with Crippen LogP contribution in [0.25, 0.3) is 0 Å². The van der Waals surface area contributed by atoms with Crippen molar-refractivity contribution in [3.8, 4) is 0 Å². The summed E-state index contributed by atoms with van der Waals surface area (Å²) in [6, 6.07) is 0. The molecular weight excluding hydrogens is 226 g/mol. The molecule has 0 aromatic heterocycles. The summed E-state index contributed by atoms with van der Waals surface area (Å²) < 4.78 is 9.22. The van der Waals surface area contributed by atoms with Gasteiger partial charge in [0.1, 0.15) is 6.61 Å². The van der Waals surface area contributed by atoms with Crippen LogP contribution >= 0.6 is 0 Å². The van der Waals surface area contributed by atoms with Gasteiger partial charge in [-0.2, -0.15) is 0 Å². The van der Waals surface area contributed by atoms with Crippen LogP contribution < -0.4 is 5.32 Å². The highest BCUT2D eigenvalue weighted by atomic mass is 16.6. The molecule has 98 valence electrons. The first kappa shape index (κ1) is 15.6. The van der Waals surface area contributed by atoms with Crippen LogP contribution in [0.3, 0.4) is 0 Å². The molecule has 0 amide bonds. The molecule has 1 aliphatic heterocycles. The fourth-order valence-corrected chi connectivity index (χ4v) is 0.635. The number of hydrogen-bond donors (Lipinski definition) is 2. The molecule has 17 heavy (non-hydrogen) atoms. The van der Waals surface area contributed by atoms with Crippen LogP contribution in [0.5, 0.6) is 0 Å². The Bertz CT molecular complexity index is 273. The molecule has 6 heteroatoms. The Morgan fingerprint density at radius 2 is 2.12 bits per heavy atom. The van der Waals surface area contributed by atoms with E-state index in [1.54, 1.807) is 13.8 Å². The standard InChI is InChI=1S/C6H10O3.C5H9NO2/c1-5(2)6(8)9-4-3-7;1-2-5(7)8-4-3-6-4/h7H,1,3-4H2,2H3;4,6H,2-3H2,1H3. The minimum Gasteiger partial charge on any atom is -0.460 e. The lowest BCUT2D eigenvalue weighted by molar-refractivity contribution is -0.144. The molecule has 0 radical (unpaired) electrons. The number of hydrogen-bond acceptors (Lipinski definition) is 6. The van der Waals surface area contributed by atoms with Gasteiger partial charge in [0.05, 0.1) is 6.61 Å². The van der Waals surface area contributed by atoms with Crippen molar-refractivity contribution in [2.24, 2.45) is 0 Å². The fraction of sp³-hybridized carbons (Fsp3) is 0.636. The zero-order chi connectivity index (χ0) is 13.3. The quantitative estimate of drug-likeness (QED) is 0.401. The van der Waals surface area contributed by atoms with Crippen molar-refractivity contribution >= 4 is 11.9 Å². The van der Waals surface area contributed by atoms with E-state index >= 15 is 0 Å². The normalized spacial score (nSPS) is 16.3. The average molecular weight is 245 g/mol. The summed E-state index contributed by atoms with van der Waals surface area (Å²) in [5.41, 5.74) is 0.350. The third-order valence-electron chi connectivity index (χ3n) is 1.61. The third kappa shape index (κ3) is 9.52. The first-order chi connectivity index (χ1) is 8.01. The Kier molecular flexibility index (Phi) is 8.00. The average Bonchev–Trinajstić information content (AvgIpc) is 3.10. The zero-order valence-corrected chi connectivity index (χ0v) is 10.2. The molecule has 1 saturated heterocycles. The Hall–Kier alpha value is -1.40. The summed E-state index contributed by atoms with van der Waals surface area (Å²) in [4.78, 5) is 20.9. The highest BCUT2D eigenvalue weighted by Gasteiger charge is 2.23. The summed E-state index contributed by atoms with van der Waals surface area (Å²) >= 11 is 0. The topological polar surface area (TPSA) is 94.8 Å². The van der Waals surface area contributed by atoms with Crippen molar-refractivity contribution in [3.05, 3.63) is 12.2 Å². The number of aliphatic hydroxyl groups is 1. The maximum absolute atomic E-state index is 10.5. The Morgan fingerprint density at radius 3 is 2.47 bits per heavy atom. The van der Waals surface area contributed by atoms with E-state index in [0.29, 0.717) is 12.0 Å². The van der Waals surface area contributed by atoms with Gasteiger partial charge in [0.15, 0.2) is 6.23 Å². The van der Waals surface area contributed by atoms with E-state index in [1.165, 1.54) is 0 Å². The molecule has 0 saturated carbocycles. The number of esters is 2. The monoisotopic (exact) mass is 245 g/mol. The second-order valence-corrected chi connectivity index (χ2v) is 3.38. The van der Waals surface area contributed by atoms with Crippen molar-refractivity contribution in [2.45, 2.75) is 26.5 Å². The van der Waals surface area contributed by atoms with Crippen molar-refractivity contribution in [1.29, 1.82) is 0 Å². The molecule has 2 N–H and O–H groups in total. The molecule has 0 aromatic carbocycles.